The molecule has 2 heteroatoms. The van der Waals surface area contributed by atoms with Crippen LogP contribution in [0.1, 0.15) is 25.0 Å². The van der Waals surface area contributed by atoms with Crippen molar-refractivity contribution < 1.29 is 9.84 Å². The highest BCUT2D eigenvalue weighted by molar-refractivity contribution is 5.63. The Hall–Kier alpha value is -1.64. The SMILES string of the molecule is CCC(OC)C(O)c1ccc(-c2ccccc2)cc1. The molecule has 0 saturated heterocycles. The molecule has 2 nitrogen and oxygen atoms in total. The first kappa shape index (κ1) is 13.8. The third-order valence-electron chi connectivity index (χ3n) is 3.42. The summed E-state index contributed by atoms with van der Waals surface area (Å²) in [6.07, 6.45) is 0.0698. The lowest BCUT2D eigenvalue weighted by Gasteiger charge is -2.20. The summed E-state index contributed by atoms with van der Waals surface area (Å²) in [4.78, 5) is 0. The summed E-state index contributed by atoms with van der Waals surface area (Å²) in [7, 11) is 1.63. The second kappa shape index (κ2) is 6.50. The summed E-state index contributed by atoms with van der Waals surface area (Å²) >= 11 is 0. The van der Waals surface area contributed by atoms with E-state index in [4.69, 9.17) is 4.74 Å². The van der Waals surface area contributed by atoms with Crippen molar-refractivity contribution in [2.75, 3.05) is 7.11 Å². The molecule has 0 fully saturated rings. The van der Waals surface area contributed by atoms with Gasteiger partial charge in [-0.05, 0) is 23.1 Å². The topological polar surface area (TPSA) is 29.5 Å². The zero-order valence-electron chi connectivity index (χ0n) is 11.4. The Morgan fingerprint density at radius 1 is 0.947 bits per heavy atom. The molecule has 0 aliphatic carbocycles. The molecule has 2 aromatic carbocycles. The van der Waals surface area contributed by atoms with E-state index >= 15 is 0 Å². The van der Waals surface area contributed by atoms with E-state index in [2.05, 4.69) is 12.1 Å². The van der Waals surface area contributed by atoms with Crippen LogP contribution in [0.5, 0.6) is 0 Å². The molecule has 0 aliphatic heterocycles. The van der Waals surface area contributed by atoms with Gasteiger partial charge in [-0.2, -0.15) is 0 Å². The molecule has 0 heterocycles. The van der Waals surface area contributed by atoms with Gasteiger partial charge in [0.25, 0.3) is 0 Å². The molecule has 2 atom stereocenters. The van der Waals surface area contributed by atoms with Crippen LogP contribution in [-0.4, -0.2) is 18.3 Å². The normalized spacial score (nSPS) is 14.1. The van der Waals surface area contributed by atoms with Gasteiger partial charge in [0.15, 0.2) is 0 Å². The Labute approximate surface area is 114 Å². The molecule has 0 spiro atoms. The lowest BCUT2D eigenvalue weighted by atomic mass is 9.99. The number of benzene rings is 2. The van der Waals surface area contributed by atoms with Crippen molar-refractivity contribution in [3.05, 3.63) is 60.2 Å². The molecule has 0 saturated carbocycles. The number of rotatable bonds is 5. The molecule has 0 bridgehead atoms. The highest BCUT2D eigenvalue weighted by atomic mass is 16.5. The second-order valence-electron chi connectivity index (χ2n) is 4.62. The van der Waals surface area contributed by atoms with Gasteiger partial charge >= 0.3 is 0 Å². The number of aliphatic hydroxyl groups is 1. The van der Waals surface area contributed by atoms with Gasteiger partial charge in [-0.1, -0.05) is 61.5 Å². The maximum Gasteiger partial charge on any atom is 0.105 e. The number of hydrogen-bond acceptors (Lipinski definition) is 2. The quantitative estimate of drug-likeness (QED) is 0.881. The molecular weight excluding hydrogens is 236 g/mol. The Balaban J connectivity index is 2.19. The minimum atomic E-state index is -0.570. The Morgan fingerprint density at radius 3 is 2.05 bits per heavy atom. The molecule has 0 amide bonds. The average molecular weight is 256 g/mol. The van der Waals surface area contributed by atoms with E-state index in [0.29, 0.717) is 0 Å². The average Bonchev–Trinajstić information content (AvgIpc) is 2.49. The van der Waals surface area contributed by atoms with Gasteiger partial charge < -0.3 is 9.84 Å². The van der Waals surface area contributed by atoms with Crippen LogP contribution in [0.4, 0.5) is 0 Å². The maximum absolute atomic E-state index is 10.2. The fourth-order valence-corrected chi connectivity index (χ4v) is 2.24. The van der Waals surface area contributed by atoms with Crippen molar-refractivity contribution >= 4 is 0 Å². The minimum absolute atomic E-state index is 0.150. The lowest BCUT2D eigenvalue weighted by Crippen LogP contribution is -2.19. The van der Waals surface area contributed by atoms with Gasteiger partial charge in [-0.15, -0.1) is 0 Å². The molecule has 19 heavy (non-hydrogen) atoms. The summed E-state index contributed by atoms with van der Waals surface area (Å²) in [6, 6.07) is 18.2. The molecule has 2 aromatic rings. The van der Waals surface area contributed by atoms with Crippen molar-refractivity contribution in [2.24, 2.45) is 0 Å². The minimum Gasteiger partial charge on any atom is -0.386 e. The van der Waals surface area contributed by atoms with Gasteiger partial charge in [0.1, 0.15) is 6.10 Å². The molecule has 0 aliphatic rings. The molecule has 2 rings (SSSR count). The fourth-order valence-electron chi connectivity index (χ4n) is 2.24. The Kier molecular flexibility index (Phi) is 4.72. The summed E-state index contributed by atoms with van der Waals surface area (Å²) in [6.45, 7) is 2.01. The fraction of sp³-hybridized carbons (Fsp3) is 0.294. The number of methoxy groups -OCH3 is 1. The molecule has 0 aromatic heterocycles. The van der Waals surface area contributed by atoms with E-state index in [9.17, 15) is 5.11 Å². The standard InChI is InChI=1S/C17H20O2/c1-3-16(19-2)17(18)15-11-9-14(10-12-15)13-7-5-4-6-8-13/h4-12,16-18H,3H2,1-2H3. The monoisotopic (exact) mass is 256 g/mol. The van der Waals surface area contributed by atoms with Gasteiger partial charge in [0.05, 0.1) is 6.10 Å². The number of ether oxygens (including phenoxy) is 1. The van der Waals surface area contributed by atoms with Crippen molar-refractivity contribution in [2.45, 2.75) is 25.6 Å². The van der Waals surface area contributed by atoms with Gasteiger partial charge in [-0.25, -0.2) is 0 Å². The van der Waals surface area contributed by atoms with Crippen LogP contribution >= 0.6 is 0 Å². The summed E-state index contributed by atoms with van der Waals surface area (Å²) < 4.78 is 5.28. The molecule has 2 unspecified atom stereocenters. The van der Waals surface area contributed by atoms with Crippen molar-refractivity contribution in [1.82, 2.24) is 0 Å². The van der Waals surface area contributed by atoms with Gasteiger partial charge in [-0.3, -0.25) is 0 Å². The highest BCUT2D eigenvalue weighted by Crippen LogP contribution is 2.25. The summed E-state index contributed by atoms with van der Waals surface area (Å²) in [5.74, 6) is 0. The van der Waals surface area contributed by atoms with Crippen LogP contribution in [0.15, 0.2) is 54.6 Å². The first-order valence-electron chi connectivity index (χ1n) is 6.62. The second-order valence-corrected chi connectivity index (χ2v) is 4.62. The van der Waals surface area contributed by atoms with E-state index in [1.807, 2.05) is 49.4 Å². The lowest BCUT2D eigenvalue weighted by molar-refractivity contribution is -0.0148. The zero-order valence-corrected chi connectivity index (χ0v) is 11.4. The van der Waals surface area contributed by atoms with Crippen molar-refractivity contribution in [3.8, 4) is 11.1 Å². The van der Waals surface area contributed by atoms with Crippen molar-refractivity contribution in [1.29, 1.82) is 0 Å². The number of hydrogen-bond donors (Lipinski definition) is 1. The van der Waals surface area contributed by atoms with E-state index in [1.165, 1.54) is 5.56 Å². The van der Waals surface area contributed by atoms with Crippen LogP contribution in [0, 0.1) is 0 Å². The van der Waals surface area contributed by atoms with Crippen LogP contribution < -0.4 is 0 Å². The maximum atomic E-state index is 10.2. The van der Waals surface area contributed by atoms with Crippen LogP contribution in [0.25, 0.3) is 11.1 Å². The first-order valence-corrected chi connectivity index (χ1v) is 6.62. The first-order chi connectivity index (χ1) is 9.26. The van der Waals surface area contributed by atoms with E-state index in [0.717, 1.165) is 17.5 Å². The van der Waals surface area contributed by atoms with E-state index in [-0.39, 0.29) is 6.10 Å². The zero-order chi connectivity index (χ0) is 13.7. The molecular formula is C17H20O2. The summed E-state index contributed by atoms with van der Waals surface area (Å²) in [5, 5.41) is 10.2. The van der Waals surface area contributed by atoms with Crippen molar-refractivity contribution in [3.63, 3.8) is 0 Å². The highest BCUT2D eigenvalue weighted by Gasteiger charge is 2.18. The van der Waals surface area contributed by atoms with Gasteiger partial charge in [0, 0.05) is 7.11 Å². The van der Waals surface area contributed by atoms with Crippen LogP contribution in [0.3, 0.4) is 0 Å². The largest absolute Gasteiger partial charge is 0.386 e. The number of aliphatic hydroxyl groups excluding tert-OH is 1. The van der Waals surface area contributed by atoms with E-state index < -0.39 is 6.10 Å². The summed E-state index contributed by atoms with van der Waals surface area (Å²) in [5.41, 5.74) is 3.23. The van der Waals surface area contributed by atoms with E-state index in [1.54, 1.807) is 7.11 Å². The van der Waals surface area contributed by atoms with Crippen LogP contribution in [0.2, 0.25) is 0 Å². The Bertz CT molecular complexity index is 486. The molecule has 100 valence electrons. The predicted molar refractivity (Wildman–Crippen MR) is 77.9 cm³/mol. The molecule has 0 radical (unpaired) electrons. The smallest absolute Gasteiger partial charge is 0.105 e. The third-order valence-corrected chi connectivity index (χ3v) is 3.42. The van der Waals surface area contributed by atoms with Crippen LogP contribution in [-0.2, 0) is 4.74 Å². The third kappa shape index (κ3) is 3.22. The Morgan fingerprint density at radius 2 is 1.53 bits per heavy atom. The molecule has 1 N–H and O–H groups in total. The predicted octanol–water partition coefficient (Wildman–Crippen LogP) is 3.81. The van der Waals surface area contributed by atoms with Gasteiger partial charge in [0.2, 0.25) is 0 Å².